The summed E-state index contributed by atoms with van der Waals surface area (Å²) in [5.74, 6) is 0. The first-order valence-corrected chi connectivity index (χ1v) is 27.7. The van der Waals surface area contributed by atoms with E-state index < -0.39 is 5.41 Å². The summed E-state index contributed by atoms with van der Waals surface area (Å²) in [5, 5.41) is 4.98. The first kappa shape index (κ1) is 45.7. The van der Waals surface area contributed by atoms with E-state index in [0.717, 1.165) is 45.1 Å². The molecule has 0 atom stereocenters. The fourth-order valence-corrected chi connectivity index (χ4v) is 13.7. The van der Waals surface area contributed by atoms with Crippen LogP contribution in [0.4, 0.5) is 34.1 Å². The smallest absolute Gasteiger partial charge is 0.0755 e. The highest BCUT2D eigenvalue weighted by atomic mass is 15.2. The van der Waals surface area contributed by atoms with E-state index in [1.165, 1.54) is 94.0 Å². The number of benzene rings is 13. The van der Waals surface area contributed by atoms with Crippen LogP contribution in [0.2, 0.25) is 0 Å². The van der Waals surface area contributed by atoms with E-state index in [0.29, 0.717) is 0 Å². The van der Waals surface area contributed by atoms with Crippen molar-refractivity contribution in [1.82, 2.24) is 4.57 Å². The minimum Gasteiger partial charge on any atom is -0.310 e. The summed E-state index contributed by atoms with van der Waals surface area (Å²) >= 11 is 0. The number of hydrogen-bond acceptors (Lipinski definition) is 2. The zero-order valence-electron chi connectivity index (χ0n) is 43.8. The summed E-state index contributed by atoms with van der Waals surface area (Å²) in [4.78, 5) is 4.99. The summed E-state index contributed by atoms with van der Waals surface area (Å²) < 4.78 is 2.38. The van der Waals surface area contributed by atoms with Gasteiger partial charge in [-0.25, -0.2) is 0 Å². The van der Waals surface area contributed by atoms with Gasteiger partial charge < -0.3 is 14.4 Å². The molecule has 0 fully saturated rings. The third kappa shape index (κ3) is 6.81. The Kier molecular flexibility index (Phi) is 10.5. The number of para-hydroxylation sites is 6. The van der Waals surface area contributed by atoms with Crippen molar-refractivity contribution >= 4 is 66.7 Å². The summed E-state index contributed by atoms with van der Waals surface area (Å²) in [6, 6.07) is 114. The quantitative estimate of drug-likeness (QED) is 0.150. The van der Waals surface area contributed by atoms with Gasteiger partial charge in [0, 0.05) is 39.0 Å². The topological polar surface area (TPSA) is 11.4 Å². The van der Waals surface area contributed by atoms with Gasteiger partial charge in [-0.15, -0.1) is 0 Å². The minimum absolute atomic E-state index is 0.623. The van der Waals surface area contributed by atoms with Crippen LogP contribution in [0.1, 0.15) is 22.3 Å². The average molecular weight is 1020 g/mol. The molecule has 1 aromatic heterocycles. The summed E-state index contributed by atoms with van der Waals surface area (Å²) in [6.45, 7) is 0. The fourth-order valence-electron chi connectivity index (χ4n) is 13.7. The Labute approximate surface area is 465 Å². The van der Waals surface area contributed by atoms with Gasteiger partial charge in [-0.1, -0.05) is 237 Å². The van der Waals surface area contributed by atoms with Crippen LogP contribution in [-0.4, -0.2) is 4.57 Å². The van der Waals surface area contributed by atoms with Gasteiger partial charge in [0.05, 0.1) is 39.2 Å². The van der Waals surface area contributed by atoms with Crippen molar-refractivity contribution in [2.45, 2.75) is 5.41 Å². The molecule has 2 aliphatic rings. The molecule has 0 unspecified atom stereocenters. The van der Waals surface area contributed by atoms with Gasteiger partial charge in [0.1, 0.15) is 0 Å². The third-order valence-corrected chi connectivity index (χ3v) is 17.0. The number of anilines is 6. The number of fused-ring (bicyclic) bond motifs is 13. The van der Waals surface area contributed by atoms with Crippen molar-refractivity contribution in [3.8, 4) is 50.2 Å². The van der Waals surface area contributed by atoms with Crippen LogP contribution in [0.25, 0.3) is 82.8 Å². The molecule has 2 heterocycles. The van der Waals surface area contributed by atoms with Crippen LogP contribution in [0, 0.1) is 0 Å². The zero-order valence-corrected chi connectivity index (χ0v) is 43.8. The Morgan fingerprint density at radius 3 is 1.43 bits per heavy atom. The molecule has 16 rings (SSSR count). The number of nitrogens with zero attached hydrogens (tertiary/aromatic N) is 3. The normalized spacial score (nSPS) is 12.8. The second-order valence-corrected chi connectivity index (χ2v) is 21.1. The van der Waals surface area contributed by atoms with Crippen LogP contribution in [0.5, 0.6) is 0 Å². The molecule has 3 heteroatoms. The van der Waals surface area contributed by atoms with E-state index in [-0.39, 0.29) is 0 Å². The van der Waals surface area contributed by atoms with Gasteiger partial charge in [-0.3, -0.25) is 0 Å². The van der Waals surface area contributed by atoms with E-state index in [1.807, 2.05) is 0 Å². The summed E-state index contributed by atoms with van der Waals surface area (Å²) in [6.07, 6.45) is 0. The maximum atomic E-state index is 2.54. The van der Waals surface area contributed by atoms with Crippen LogP contribution in [0.3, 0.4) is 0 Å². The lowest BCUT2D eigenvalue weighted by atomic mass is 9.64. The Hall–Kier alpha value is -10.5. The molecule has 0 saturated heterocycles. The lowest BCUT2D eigenvalue weighted by Gasteiger charge is -2.45. The molecule has 13 aromatic carbocycles. The second kappa shape index (κ2) is 18.3. The maximum Gasteiger partial charge on any atom is 0.0755 e. The highest BCUT2D eigenvalue weighted by Gasteiger charge is 2.52. The van der Waals surface area contributed by atoms with Gasteiger partial charge in [-0.2, -0.15) is 0 Å². The van der Waals surface area contributed by atoms with Crippen molar-refractivity contribution in [3.05, 3.63) is 332 Å². The van der Waals surface area contributed by atoms with Crippen molar-refractivity contribution in [1.29, 1.82) is 0 Å². The second-order valence-electron chi connectivity index (χ2n) is 21.1. The molecule has 0 saturated carbocycles. The minimum atomic E-state index is -0.623. The first-order valence-electron chi connectivity index (χ1n) is 27.7. The lowest BCUT2D eigenvalue weighted by Crippen LogP contribution is -2.36. The number of rotatable bonds is 8. The van der Waals surface area contributed by atoms with Gasteiger partial charge in [-0.05, 0) is 139 Å². The monoisotopic (exact) mass is 1020 g/mol. The molecule has 1 spiro atoms. The predicted molar refractivity (Wildman–Crippen MR) is 335 cm³/mol. The Bertz CT molecular complexity index is 4620. The molecule has 0 radical (unpaired) electrons. The molecule has 1 aliphatic carbocycles. The molecule has 3 nitrogen and oxygen atoms in total. The van der Waals surface area contributed by atoms with Gasteiger partial charge in [0.2, 0.25) is 0 Å². The van der Waals surface area contributed by atoms with Gasteiger partial charge in [0.25, 0.3) is 0 Å². The largest absolute Gasteiger partial charge is 0.310 e. The van der Waals surface area contributed by atoms with Gasteiger partial charge >= 0.3 is 0 Å². The SMILES string of the molecule is c1ccc(N2c3ccccc3C3(c4ccccc4-c4c(N(c5ccc(-c6ccc(-n7c8ccccc8c8ccccc87)cc6)cc5)c5ccccc5-c5ccccc5-c5cccc6ccccc56)cccc43)c3ccccc32)cc1. The molecular formula is C77H51N3. The molecule has 0 N–H and O–H groups in total. The molecule has 80 heavy (non-hydrogen) atoms. The van der Waals surface area contributed by atoms with E-state index >= 15 is 0 Å². The Morgan fingerprint density at radius 1 is 0.275 bits per heavy atom. The van der Waals surface area contributed by atoms with Crippen molar-refractivity contribution < 1.29 is 0 Å². The average Bonchev–Trinajstić information content (AvgIpc) is 3.01. The van der Waals surface area contributed by atoms with E-state index in [1.54, 1.807) is 0 Å². The zero-order chi connectivity index (χ0) is 52.7. The van der Waals surface area contributed by atoms with Crippen LogP contribution in [-0.2, 0) is 5.41 Å². The number of hydrogen-bond donors (Lipinski definition) is 0. The van der Waals surface area contributed by atoms with Crippen molar-refractivity contribution in [2.24, 2.45) is 0 Å². The number of aromatic nitrogens is 1. The highest BCUT2D eigenvalue weighted by Crippen LogP contribution is 2.65. The molecular weight excluding hydrogens is 967 g/mol. The van der Waals surface area contributed by atoms with Crippen LogP contribution < -0.4 is 9.80 Å². The Balaban J connectivity index is 0.905. The van der Waals surface area contributed by atoms with Crippen LogP contribution >= 0.6 is 0 Å². The summed E-state index contributed by atoms with van der Waals surface area (Å²) in [5.41, 5.74) is 24.2. The standard InChI is InChI=1S/C77H51N3/c1-2-24-55(25-3-1)80-73-41-18-13-35-67(73)77(68-36-14-19-42-74(68)80)66-34-12-8-32-65(66)76-69(77)37-21-43-75(76)79(70-38-15-9-29-62(70)61-28-7-6-27-60(61)59-33-20-23-54-22-4-5-26-58(54)59)57-50-46-53(47-51-57)52-44-48-56(49-45-52)78-71-39-16-10-30-63(71)64-31-11-17-40-72(64)78/h1-51H. The van der Waals surface area contributed by atoms with Crippen molar-refractivity contribution in [3.63, 3.8) is 0 Å². The molecule has 374 valence electrons. The van der Waals surface area contributed by atoms with Crippen molar-refractivity contribution in [2.75, 3.05) is 9.80 Å². The molecule has 0 bridgehead atoms. The third-order valence-electron chi connectivity index (χ3n) is 17.0. The van der Waals surface area contributed by atoms with Crippen LogP contribution in [0.15, 0.2) is 309 Å². The predicted octanol–water partition coefficient (Wildman–Crippen LogP) is 20.6. The van der Waals surface area contributed by atoms with E-state index in [4.69, 9.17) is 0 Å². The van der Waals surface area contributed by atoms with E-state index in [2.05, 4.69) is 324 Å². The van der Waals surface area contributed by atoms with E-state index in [9.17, 15) is 0 Å². The summed E-state index contributed by atoms with van der Waals surface area (Å²) in [7, 11) is 0. The highest BCUT2D eigenvalue weighted by molar-refractivity contribution is 6.10. The maximum absolute atomic E-state index is 2.54. The molecule has 0 amide bonds. The Morgan fingerprint density at radius 2 is 0.738 bits per heavy atom. The lowest BCUT2D eigenvalue weighted by molar-refractivity contribution is 0.752. The molecule has 1 aliphatic heterocycles. The fraction of sp³-hybridized carbons (Fsp3) is 0.0130. The molecule has 14 aromatic rings. The first-order chi connectivity index (χ1) is 39.7. The van der Waals surface area contributed by atoms with Gasteiger partial charge in [0.15, 0.2) is 0 Å².